The number of rotatable bonds is 2. The Bertz CT molecular complexity index is 275. The first kappa shape index (κ1) is 8.51. The molecular weight excluding hydrogens is 183 g/mol. The maximum atomic E-state index is 10.6. The van der Waals surface area contributed by atoms with Gasteiger partial charge in [-0.05, 0) is 16.7 Å². The van der Waals surface area contributed by atoms with Gasteiger partial charge in [-0.25, -0.2) is 0 Å². The van der Waals surface area contributed by atoms with Crippen molar-refractivity contribution in [2.75, 3.05) is 6.66 Å². The van der Waals surface area contributed by atoms with E-state index < -0.39 is 8.03 Å². The van der Waals surface area contributed by atoms with Crippen LogP contribution >= 0.6 is 19.6 Å². The van der Waals surface area contributed by atoms with Gasteiger partial charge in [0.1, 0.15) is 0 Å². The first-order valence-electron chi connectivity index (χ1n) is 3.03. The molecule has 4 heteroatoms. The second kappa shape index (κ2) is 3.70. The third-order valence-corrected chi connectivity index (χ3v) is 1.83. The summed E-state index contributed by atoms with van der Waals surface area (Å²) in [4.78, 5) is 0. The van der Waals surface area contributed by atoms with Gasteiger partial charge in [-0.3, -0.25) is 4.52 Å². The molecule has 0 aromatic heterocycles. The molecule has 0 aliphatic rings. The fourth-order valence-electron chi connectivity index (χ4n) is 0.657. The van der Waals surface area contributed by atoms with Crippen LogP contribution in [0.15, 0.2) is 24.3 Å². The van der Waals surface area contributed by atoms with Crippen LogP contribution in [-0.2, 0) is 4.57 Å². The zero-order valence-electron chi connectivity index (χ0n) is 5.95. The van der Waals surface area contributed by atoms with E-state index >= 15 is 0 Å². The summed E-state index contributed by atoms with van der Waals surface area (Å²) < 4.78 is 15.6. The fourth-order valence-corrected chi connectivity index (χ4v) is 1.32. The summed E-state index contributed by atoms with van der Waals surface area (Å²) in [6, 6.07) is 6.94. The zero-order valence-corrected chi connectivity index (χ0v) is 7.60. The zero-order chi connectivity index (χ0) is 8.27. The minimum absolute atomic E-state index is 0.470. The molecule has 1 aromatic rings. The number of benzene rings is 1. The van der Waals surface area contributed by atoms with Crippen molar-refractivity contribution in [3.05, 3.63) is 29.3 Å². The van der Waals surface area contributed by atoms with Gasteiger partial charge in [0.15, 0.2) is 6.66 Å². The van der Waals surface area contributed by atoms with Crippen molar-refractivity contribution in [3.8, 4) is 5.75 Å². The predicted molar refractivity (Wildman–Crippen MR) is 45.6 cm³/mol. The highest BCUT2D eigenvalue weighted by molar-refractivity contribution is 7.38. The Kier molecular flexibility index (Phi) is 2.86. The van der Waals surface area contributed by atoms with Gasteiger partial charge in [0.25, 0.3) is 0 Å². The van der Waals surface area contributed by atoms with Gasteiger partial charge in [0, 0.05) is 0 Å². The summed E-state index contributed by atoms with van der Waals surface area (Å²) in [5.74, 6) is 0.470. The average Bonchev–Trinajstić information content (AvgIpc) is 1.93. The first-order valence-corrected chi connectivity index (χ1v) is 5.04. The second-order valence-electron chi connectivity index (χ2n) is 1.96. The molecule has 1 aromatic carbocycles. The molecule has 0 bridgehead atoms. The van der Waals surface area contributed by atoms with E-state index in [-0.39, 0.29) is 0 Å². The molecule has 0 fully saturated rings. The lowest BCUT2D eigenvalue weighted by Crippen LogP contribution is -1.79. The van der Waals surface area contributed by atoms with Crippen LogP contribution in [0.1, 0.15) is 0 Å². The van der Waals surface area contributed by atoms with Gasteiger partial charge in [0.2, 0.25) is 5.75 Å². The number of para-hydroxylation sites is 1. The molecule has 0 aliphatic carbocycles. The molecule has 1 unspecified atom stereocenters. The van der Waals surface area contributed by atoms with Crippen LogP contribution < -0.4 is 4.52 Å². The van der Waals surface area contributed by atoms with Crippen LogP contribution in [0, 0.1) is 0 Å². The van der Waals surface area contributed by atoms with Crippen LogP contribution in [0.4, 0.5) is 0 Å². The van der Waals surface area contributed by atoms with E-state index in [0.29, 0.717) is 10.8 Å². The monoisotopic (exact) mass is 189 g/mol. The molecule has 11 heavy (non-hydrogen) atoms. The third kappa shape index (κ3) is 2.49. The lowest BCUT2D eigenvalue weighted by atomic mass is 10.3. The number of halogens is 1. The second-order valence-corrected chi connectivity index (χ2v) is 3.43. The Morgan fingerprint density at radius 3 is 2.64 bits per heavy atom. The lowest BCUT2D eigenvalue weighted by Gasteiger charge is -1.93. The largest absolute Gasteiger partial charge is 0.552 e. The highest BCUT2D eigenvalue weighted by atomic mass is 35.5. The average molecular weight is 190 g/mol. The van der Waals surface area contributed by atoms with Crippen molar-refractivity contribution in [2.45, 2.75) is 0 Å². The molecule has 1 rings (SSSR count). The maximum absolute atomic E-state index is 10.6. The summed E-state index contributed by atoms with van der Waals surface area (Å²) in [5, 5.41) is 0.484. The van der Waals surface area contributed by atoms with Gasteiger partial charge in [-0.1, -0.05) is 23.7 Å². The van der Waals surface area contributed by atoms with Crippen molar-refractivity contribution in [1.82, 2.24) is 0 Å². The van der Waals surface area contributed by atoms with Gasteiger partial charge in [-0.2, -0.15) is 0 Å². The molecule has 0 amide bonds. The smallest absolute Gasteiger partial charge is 0.253 e. The minimum Gasteiger partial charge on any atom is -0.253 e. The van der Waals surface area contributed by atoms with Crippen molar-refractivity contribution < 1.29 is 9.09 Å². The topological polar surface area (TPSA) is 26.3 Å². The molecule has 0 heterocycles. The number of hydrogen-bond acceptors (Lipinski definition) is 2. The Labute approximate surface area is 71.0 Å². The van der Waals surface area contributed by atoms with Crippen LogP contribution in [-0.4, -0.2) is 6.66 Å². The standard InChI is InChI=1S/C7H7ClO2P/c1-11(9)10-7-5-3-2-4-6(7)8/h2-5H,1H3/q+1. The van der Waals surface area contributed by atoms with E-state index in [1.807, 2.05) is 0 Å². The van der Waals surface area contributed by atoms with E-state index in [1.54, 1.807) is 24.3 Å². The van der Waals surface area contributed by atoms with Gasteiger partial charge >= 0.3 is 8.03 Å². The van der Waals surface area contributed by atoms with Crippen LogP contribution in [0.25, 0.3) is 0 Å². The molecule has 0 aliphatic heterocycles. The Morgan fingerprint density at radius 1 is 1.45 bits per heavy atom. The normalized spacial score (nSPS) is 10.9. The summed E-state index contributed by atoms with van der Waals surface area (Å²) in [6.07, 6.45) is 0. The first-order chi connectivity index (χ1) is 5.20. The lowest BCUT2D eigenvalue weighted by molar-refractivity contribution is 0.511. The summed E-state index contributed by atoms with van der Waals surface area (Å²) in [6.45, 7) is 1.48. The SMILES string of the molecule is C[P+](=O)Oc1ccccc1Cl. The highest BCUT2D eigenvalue weighted by Gasteiger charge is 2.11. The van der Waals surface area contributed by atoms with E-state index in [2.05, 4.69) is 0 Å². The maximum Gasteiger partial charge on any atom is 0.552 e. The molecule has 0 spiro atoms. The highest BCUT2D eigenvalue weighted by Crippen LogP contribution is 2.29. The molecule has 1 atom stereocenters. The fraction of sp³-hybridized carbons (Fsp3) is 0.143. The molecule has 0 saturated carbocycles. The van der Waals surface area contributed by atoms with Gasteiger partial charge in [-0.15, -0.1) is 0 Å². The van der Waals surface area contributed by atoms with Crippen LogP contribution in [0.2, 0.25) is 5.02 Å². The molecular formula is C7H7ClO2P+. The third-order valence-electron chi connectivity index (χ3n) is 1.06. The van der Waals surface area contributed by atoms with Gasteiger partial charge < -0.3 is 0 Å². The predicted octanol–water partition coefficient (Wildman–Crippen LogP) is 3.09. The summed E-state index contributed by atoms with van der Waals surface area (Å²) >= 11 is 5.71. The van der Waals surface area contributed by atoms with E-state index in [9.17, 15) is 4.57 Å². The quantitative estimate of drug-likeness (QED) is 0.669. The minimum atomic E-state index is -1.63. The van der Waals surface area contributed by atoms with Crippen LogP contribution in [0.5, 0.6) is 5.75 Å². The van der Waals surface area contributed by atoms with Crippen molar-refractivity contribution in [3.63, 3.8) is 0 Å². The molecule has 0 N–H and O–H groups in total. The van der Waals surface area contributed by atoms with E-state index in [0.717, 1.165) is 0 Å². The molecule has 0 saturated heterocycles. The van der Waals surface area contributed by atoms with Crippen molar-refractivity contribution in [1.29, 1.82) is 0 Å². The number of hydrogen-bond donors (Lipinski definition) is 0. The molecule has 58 valence electrons. The van der Waals surface area contributed by atoms with Crippen LogP contribution in [0.3, 0.4) is 0 Å². The Morgan fingerprint density at radius 2 is 2.09 bits per heavy atom. The summed E-state index contributed by atoms with van der Waals surface area (Å²) in [7, 11) is -1.63. The van der Waals surface area contributed by atoms with Crippen molar-refractivity contribution in [2.24, 2.45) is 0 Å². The van der Waals surface area contributed by atoms with Crippen molar-refractivity contribution >= 4 is 19.6 Å². The Balaban J connectivity index is 2.86. The van der Waals surface area contributed by atoms with E-state index in [1.165, 1.54) is 6.66 Å². The summed E-state index contributed by atoms with van der Waals surface area (Å²) in [5.41, 5.74) is 0. The molecule has 2 nitrogen and oxygen atoms in total. The van der Waals surface area contributed by atoms with E-state index in [4.69, 9.17) is 16.1 Å². The van der Waals surface area contributed by atoms with Gasteiger partial charge in [0.05, 0.1) is 5.02 Å². The Hall–Kier alpha value is -0.590. The molecule has 0 radical (unpaired) electrons.